The van der Waals surface area contributed by atoms with Crippen LogP contribution in [-0.2, 0) is 0 Å². The number of amides is 1. The van der Waals surface area contributed by atoms with Crippen LogP contribution in [-0.4, -0.2) is 34.9 Å². The van der Waals surface area contributed by atoms with E-state index in [1.165, 1.54) is 0 Å². The van der Waals surface area contributed by atoms with Gasteiger partial charge in [0.1, 0.15) is 5.56 Å². The van der Waals surface area contributed by atoms with E-state index >= 15 is 0 Å². The lowest BCUT2D eigenvalue weighted by Crippen LogP contribution is -2.43. The smallest absolute Gasteiger partial charge is 0.261 e. The number of nitrogens with two attached hydrogens (primary N) is 1. The first-order valence-electron chi connectivity index (χ1n) is 7.73. The van der Waals surface area contributed by atoms with Crippen molar-refractivity contribution in [1.82, 2.24) is 9.88 Å². The van der Waals surface area contributed by atoms with E-state index in [0.29, 0.717) is 19.0 Å². The number of pyridine rings is 1. The molecule has 1 aromatic heterocycles. The van der Waals surface area contributed by atoms with E-state index in [9.17, 15) is 9.59 Å². The van der Waals surface area contributed by atoms with Crippen molar-refractivity contribution in [2.75, 3.05) is 13.1 Å². The second-order valence-corrected chi connectivity index (χ2v) is 6.09. The summed E-state index contributed by atoms with van der Waals surface area (Å²) in [6.45, 7) is 3.34. The fraction of sp³-hybridized carbons (Fsp3) is 0.412. The van der Waals surface area contributed by atoms with Crippen LogP contribution in [0.5, 0.6) is 0 Å². The van der Waals surface area contributed by atoms with Gasteiger partial charge in [-0.3, -0.25) is 9.59 Å². The number of H-pyrrole nitrogens is 1. The van der Waals surface area contributed by atoms with Crippen LogP contribution in [0, 0.1) is 5.92 Å². The maximum absolute atomic E-state index is 12.6. The third-order valence-corrected chi connectivity index (χ3v) is 4.55. The standard InChI is InChI=1S/C17H21N3O2.ClH/c1-11(18)12-6-8-20(9-7-12)17(22)14-10-13-4-2-3-5-15(13)19-16(14)21;/h2-5,10-12H,6-9,18H2,1H3,(H,19,21);1H. The highest BCUT2D eigenvalue weighted by atomic mass is 35.5. The monoisotopic (exact) mass is 335 g/mol. The lowest BCUT2D eigenvalue weighted by molar-refractivity contribution is 0.0679. The molecule has 0 aliphatic carbocycles. The summed E-state index contributed by atoms with van der Waals surface area (Å²) < 4.78 is 0. The Morgan fingerprint density at radius 2 is 1.96 bits per heavy atom. The van der Waals surface area contributed by atoms with Gasteiger partial charge >= 0.3 is 0 Å². The van der Waals surface area contributed by atoms with Gasteiger partial charge in [-0.1, -0.05) is 18.2 Å². The third kappa shape index (κ3) is 3.57. The maximum Gasteiger partial charge on any atom is 0.261 e. The Morgan fingerprint density at radius 3 is 2.61 bits per heavy atom. The molecule has 1 amide bonds. The molecule has 6 heteroatoms. The van der Waals surface area contributed by atoms with Gasteiger partial charge in [-0.25, -0.2) is 0 Å². The summed E-state index contributed by atoms with van der Waals surface area (Å²) in [5, 5.41) is 0.871. The minimum Gasteiger partial charge on any atom is -0.338 e. The number of benzene rings is 1. The van der Waals surface area contributed by atoms with E-state index in [-0.39, 0.29) is 35.5 Å². The summed E-state index contributed by atoms with van der Waals surface area (Å²) in [5.74, 6) is 0.272. The average Bonchev–Trinajstić information content (AvgIpc) is 2.53. The van der Waals surface area contributed by atoms with Gasteiger partial charge in [-0.2, -0.15) is 0 Å². The first kappa shape index (κ1) is 17.5. The van der Waals surface area contributed by atoms with Crippen LogP contribution < -0.4 is 11.3 Å². The number of fused-ring (bicyclic) bond motifs is 1. The minimum atomic E-state index is -0.321. The van der Waals surface area contributed by atoms with E-state index in [0.717, 1.165) is 23.7 Å². The Kier molecular flexibility index (Phi) is 5.44. The molecule has 0 saturated carbocycles. The molecule has 1 aliphatic rings. The normalized spacial score (nSPS) is 16.9. The van der Waals surface area contributed by atoms with Gasteiger partial charge in [0, 0.05) is 24.6 Å². The van der Waals surface area contributed by atoms with Gasteiger partial charge < -0.3 is 15.6 Å². The summed E-state index contributed by atoms with van der Waals surface area (Å²) in [4.78, 5) is 29.3. The molecule has 3 N–H and O–H groups in total. The molecule has 1 saturated heterocycles. The topological polar surface area (TPSA) is 79.2 Å². The second-order valence-electron chi connectivity index (χ2n) is 6.09. The molecule has 2 aromatic rings. The molecule has 1 atom stereocenters. The molecule has 124 valence electrons. The fourth-order valence-corrected chi connectivity index (χ4v) is 3.10. The molecule has 0 bridgehead atoms. The lowest BCUT2D eigenvalue weighted by atomic mass is 9.90. The number of hydrogen-bond donors (Lipinski definition) is 2. The number of carbonyl (C=O) groups is 1. The molecule has 3 rings (SSSR count). The molecule has 0 spiro atoms. The summed E-state index contributed by atoms with van der Waals surface area (Å²) >= 11 is 0. The van der Waals surface area contributed by atoms with E-state index in [2.05, 4.69) is 4.98 Å². The summed E-state index contributed by atoms with van der Waals surface area (Å²) in [6.07, 6.45) is 1.80. The highest BCUT2D eigenvalue weighted by Gasteiger charge is 2.26. The molecule has 2 heterocycles. The van der Waals surface area contributed by atoms with E-state index in [4.69, 9.17) is 5.73 Å². The van der Waals surface area contributed by atoms with Gasteiger partial charge in [0.15, 0.2) is 0 Å². The Labute approximate surface area is 141 Å². The molecule has 5 nitrogen and oxygen atoms in total. The van der Waals surface area contributed by atoms with E-state index < -0.39 is 0 Å². The van der Waals surface area contributed by atoms with Crippen molar-refractivity contribution in [3.63, 3.8) is 0 Å². The van der Waals surface area contributed by atoms with Crippen LogP contribution >= 0.6 is 12.4 Å². The SMILES string of the molecule is CC(N)C1CCN(C(=O)c2cc3ccccc3[nH]c2=O)CC1.Cl. The van der Waals surface area contributed by atoms with Gasteiger partial charge in [0.25, 0.3) is 11.5 Å². The maximum atomic E-state index is 12.6. The van der Waals surface area contributed by atoms with Crippen molar-refractivity contribution in [3.05, 3.63) is 46.2 Å². The van der Waals surface area contributed by atoms with Crippen LogP contribution in [0.25, 0.3) is 10.9 Å². The van der Waals surface area contributed by atoms with Crippen molar-refractivity contribution in [1.29, 1.82) is 0 Å². The number of aromatic amines is 1. The zero-order valence-electron chi connectivity index (χ0n) is 13.1. The second kappa shape index (κ2) is 7.15. The summed E-state index contributed by atoms with van der Waals surface area (Å²) in [6, 6.07) is 9.32. The van der Waals surface area contributed by atoms with Crippen LogP contribution in [0.2, 0.25) is 0 Å². The Morgan fingerprint density at radius 1 is 1.30 bits per heavy atom. The first-order chi connectivity index (χ1) is 10.6. The molecule has 0 radical (unpaired) electrons. The fourth-order valence-electron chi connectivity index (χ4n) is 3.10. The average molecular weight is 336 g/mol. The first-order valence-corrected chi connectivity index (χ1v) is 7.73. The van der Waals surface area contributed by atoms with E-state index in [1.807, 2.05) is 31.2 Å². The number of halogens is 1. The lowest BCUT2D eigenvalue weighted by Gasteiger charge is -2.33. The number of aromatic nitrogens is 1. The van der Waals surface area contributed by atoms with Gasteiger partial charge in [0.05, 0.1) is 0 Å². The molecule has 1 aromatic carbocycles. The van der Waals surface area contributed by atoms with Crippen molar-refractivity contribution < 1.29 is 4.79 Å². The minimum absolute atomic E-state index is 0. The molecule has 23 heavy (non-hydrogen) atoms. The molecule has 1 fully saturated rings. The van der Waals surface area contributed by atoms with E-state index in [1.54, 1.807) is 11.0 Å². The number of rotatable bonds is 2. The molecule has 1 aliphatic heterocycles. The quantitative estimate of drug-likeness (QED) is 0.882. The number of hydrogen-bond acceptors (Lipinski definition) is 3. The Balaban J connectivity index is 0.00000192. The van der Waals surface area contributed by atoms with Crippen LogP contribution in [0.3, 0.4) is 0 Å². The number of nitrogens with zero attached hydrogens (tertiary/aromatic N) is 1. The van der Waals surface area contributed by atoms with Crippen molar-refractivity contribution in [2.24, 2.45) is 11.7 Å². The van der Waals surface area contributed by atoms with Crippen molar-refractivity contribution in [3.8, 4) is 0 Å². The largest absolute Gasteiger partial charge is 0.338 e. The predicted molar refractivity (Wildman–Crippen MR) is 94.1 cm³/mol. The Hall–Kier alpha value is -1.85. The zero-order valence-corrected chi connectivity index (χ0v) is 13.9. The summed E-state index contributed by atoms with van der Waals surface area (Å²) in [7, 11) is 0. The molecular weight excluding hydrogens is 314 g/mol. The van der Waals surface area contributed by atoms with Gasteiger partial charge in [-0.15, -0.1) is 12.4 Å². The highest BCUT2D eigenvalue weighted by Crippen LogP contribution is 2.21. The Bertz CT molecular complexity index is 749. The van der Waals surface area contributed by atoms with Crippen LogP contribution in [0.4, 0.5) is 0 Å². The van der Waals surface area contributed by atoms with Crippen LogP contribution in [0.1, 0.15) is 30.1 Å². The van der Waals surface area contributed by atoms with Gasteiger partial charge in [-0.05, 0) is 43.2 Å². The zero-order chi connectivity index (χ0) is 15.7. The summed E-state index contributed by atoms with van der Waals surface area (Å²) in [5.41, 5.74) is 6.58. The van der Waals surface area contributed by atoms with Crippen molar-refractivity contribution >= 4 is 29.2 Å². The number of nitrogens with one attached hydrogen (secondary N) is 1. The number of carbonyl (C=O) groups excluding carboxylic acids is 1. The number of likely N-dealkylation sites (tertiary alicyclic amines) is 1. The third-order valence-electron chi connectivity index (χ3n) is 4.55. The van der Waals surface area contributed by atoms with Crippen LogP contribution in [0.15, 0.2) is 35.1 Å². The highest BCUT2D eigenvalue weighted by molar-refractivity contribution is 5.97. The molecular formula is C17H22ClN3O2. The molecule has 1 unspecified atom stereocenters. The predicted octanol–water partition coefficient (Wildman–Crippen LogP) is 2.15. The van der Waals surface area contributed by atoms with Gasteiger partial charge in [0.2, 0.25) is 0 Å². The number of para-hydroxylation sites is 1. The number of piperidine rings is 1. The van der Waals surface area contributed by atoms with Crippen molar-refractivity contribution in [2.45, 2.75) is 25.8 Å².